The molecular formula is C33H37N3O4S. The molecule has 6 aliphatic rings. The molecule has 2 aliphatic heterocycles. The van der Waals surface area contributed by atoms with E-state index in [1.165, 1.54) is 49.7 Å². The van der Waals surface area contributed by atoms with Crippen molar-refractivity contribution in [1.82, 2.24) is 15.5 Å². The van der Waals surface area contributed by atoms with Crippen molar-refractivity contribution >= 4 is 35.4 Å². The van der Waals surface area contributed by atoms with Crippen molar-refractivity contribution in [3.05, 3.63) is 64.7 Å². The van der Waals surface area contributed by atoms with Crippen LogP contribution in [-0.4, -0.2) is 45.9 Å². The summed E-state index contributed by atoms with van der Waals surface area (Å²) in [5, 5.41) is 6.24. The van der Waals surface area contributed by atoms with Crippen LogP contribution in [0.2, 0.25) is 0 Å². The number of nitrogens with zero attached hydrogens (tertiary/aromatic N) is 1. The van der Waals surface area contributed by atoms with E-state index < -0.39 is 23.8 Å². The topological polar surface area (TPSA) is 95.6 Å². The fourth-order valence-corrected chi connectivity index (χ4v) is 9.53. The largest absolute Gasteiger partial charge is 0.307 e. The molecule has 41 heavy (non-hydrogen) atoms. The second kappa shape index (κ2) is 10.7. The van der Waals surface area contributed by atoms with Crippen LogP contribution < -0.4 is 10.6 Å². The van der Waals surface area contributed by atoms with Crippen LogP contribution in [0.1, 0.15) is 89.6 Å². The monoisotopic (exact) mass is 571 g/mol. The van der Waals surface area contributed by atoms with E-state index in [2.05, 4.69) is 34.9 Å². The van der Waals surface area contributed by atoms with Gasteiger partial charge in [0.15, 0.2) is 0 Å². The van der Waals surface area contributed by atoms with Crippen molar-refractivity contribution in [3.8, 4) is 0 Å². The van der Waals surface area contributed by atoms with Crippen LogP contribution in [0.4, 0.5) is 0 Å². The maximum absolute atomic E-state index is 13.3. The standard InChI is InChI=1S/C33H37N3O4S/c37-28-11-10-26(30(38)35-28)36-31(39)25-4-1-5-27(29(25)32(36)40)41-12-2-3-20-6-8-21(9-7-20)19-34-33-16-22-13-23(17-33)15-24(14-22)18-33/h1,4-9,22-24,26,34H,2-3,10-19H2,(H,35,37,38). The first-order valence-corrected chi connectivity index (χ1v) is 16.2. The number of carbonyl (C=O) groups is 4. The molecule has 4 bridgehead atoms. The second-order valence-electron chi connectivity index (χ2n) is 12.9. The van der Waals surface area contributed by atoms with Crippen LogP contribution in [0.5, 0.6) is 0 Å². The predicted molar refractivity (Wildman–Crippen MR) is 156 cm³/mol. The number of aryl methyl sites for hydroxylation is 1. The smallest absolute Gasteiger partial charge is 0.263 e. The van der Waals surface area contributed by atoms with E-state index in [1.807, 2.05) is 6.07 Å². The van der Waals surface area contributed by atoms with Crippen LogP contribution in [0, 0.1) is 17.8 Å². The van der Waals surface area contributed by atoms with Crippen LogP contribution >= 0.6 is 11.8 Å². The lowest BCUT2D eigenvalue weighted by atomic mass is 9.53. The van der Waals surface area contributed by atoms with Gasteiger partial charge in [-0.05, 0) is 105 Å². The van der Waals surface area contributed by atoms with Gasteiger partial charge in [0, 0.05) is 23.4 Å². The van der Waals surface area contributed by atoms with E-state index in [0.717, 1.165) is 52.7 Å². The molecule has 214 valence electrons. The molecule has 1 atom stereocenters. The number of thioether (sulfide) groups is 1. The third-order valence-electron chi connectivity index (χ3n) is 10.0. The fourth-order valence-electron chi connectivity index (χ4n) is 8.50. The molecule has 8 rings (SSSR count). The zero-order valence-corrected chi connectivity index (χ0v) is 24.1. The number of rotatable bonds is 9. The number of nitrogens with one attached hydrogen (secondary N) is 2. The van der Waals surface area contributed by atoms with Gasteiger partial charge in [0.2, 0.25) is 11.8 Å². The van der Waals surface area contributed by atoms with Crippen molar-refractivity contribution in [2.75, 3.05) is 5.75 Å². The quantitative estimate of drug-likeness (QED) is 0.253. The van der Waals surface area contributed by atoms with Gasteiger partial charge in [0.05, 0.1) is 11.1 Å². The summed E-state index contributed by atoms with van der Waals surface area (Å²) in [6.45, 7) is 0.948. The summed E-state index contributed by atoms with van der Waals surface area (Å²) < 4.78 is 0. The summed E-state index contributed by atoms with van der Waals surface area (Å²) in [6, 6.07) is 13.4. The average Bonchev–Trinajstić information content (AvgIpc) is 3.20. The minimum absolute atomic E-state index is 0.116. The molecule has 1 unspecified atom stereocenters. The molecule has 4 amide bonds. The Kier molecular flexibility index (Phi) is 7.02. The molecule has 1 saturated heterocycles. The van der Waals surface area contributed by atoms with Gasteiger partial charge in [0.25, 0.3) is 11.8 Å². The molecule has 0 aromatic heterocycles. The molecule has 2 N–H and O–H groups in total. The van der Waals surface area contributed by atoms with Crippen molar-refractivity contribution in [2.45, 2.75) is 87.2 Å². The third-order valence-corrected chi connectivity index (χ3v) is 11.2. The van der Waals surface area contributed by atoms with Crippen LogP contribution in [-0.2, 0) is 22.6 Å². The Balaban J connectivity index is 0.918. The Labute approximate surface area is 245 Å². The van der Waals surface area contributed by atoms with Gasteiger partial charge in [-0.1, -0.05) is 30.3 Å². The normalized spacial score (nSPS) is 30.2. The number of carbonyl (C=O) groups excluding carboxylic acids is 4. The average molecular weight is 572 g/mol. The third kappa shape index (κ3) is 5.14. The Hall–Kier alpha value is -2.97. The van der Waals surface area contributed by atoms with E-state index in [-0.39, 0.29) is 18.7 Å². The minimum atomic E-state index is -0.941. The molecule has 2 aromatic carbocycles. The van der Waals surface area contributed by atoms with Crippen LogP contribution in [0.15, 0.2) is 47.4 Å². The lowest BCUT2D eigenvalue weighted by molar-refractivity contribution is -0.136. The highest BCUT2D eigenvalue weighted by atomic mass is 32.2. The summed E-state index contributed by atoms with van der Waals surface area (Å²) in [5.74, 6) is 1.81. The van der Waals surface area contributed by atoms with Crippen molar-refractivity contribution in [1.29, 1.82) is 0 Å². The Bertz CT molecular complexity index is 1370. The van der Waals surface area contributed by atoms with Gasteiger partial charge in [-0.15, -0.1) is 11.8 Å². The summed E-state index contributed by atoms with van der Waals surface area (Å²) in [6.07, 6.45) is 10.7. The number of hydrogen-bond acceptors (Lipinski definition) is 6. The number of benzene rings is 2. The Morgan fingerprint density at radius 3 is 2.24 bits per heavy atom. The van der Waals surface area contributed by atoms with E-state index in [4.69, 9.17) is 0 Å². The highest BCUT2D eigenvalue weighted by Crippen LogP contribution is 2.55. The summed E-state index contributed by atoms with van der Waals surface area (Å²) in [5.41, 5.74) is 3.75. The molecule has 0 spiro atoms. The lowest BCUT2D eigenvalue weighted by Crippen LogP contribution is -2.58. The fraction of sp³-hybridized carbons (Fsp3) is 0.515. The predicted octanol–water partition coefficient (Wildman–Crippen LogP) is 4.87. The minimum Gasteiger partial charge on any atom is -0.307 e. The van der Waals surface area contributed by atoms with Gasteiger partial charge in [-0.3, -0.25) is 29.4 Å². The van der Waals surface area contributed by atoms with Gasteiger partial charge in [-0.25, -0.2) is 0 Å². The lowest BCUT2D eigenvalue weighted by Gasteiger charge is -2.57. The summed E-state index contributed by atoms with van der Waals surface area (Å²) >= 11 is 1.57. The molecule has 2 heterocycles. The van der Waals surface area contributed by atoms with Crippen molar-refractivity contribution < 1.29 is 19.2 Å². The molecule has 4 aliphatic carbocycles. The first kappa shape index (κ1) is 26.9. The maximum Gasteiger partial charge on any atom is 0.263 e. The highest BCUT2D eigenvalue weighted by Gasteiger charge is 2.50. The zero-order chi connectivity index (χ0) is 28.1. The molecule has 2 aromatic rings. The van der Waals surface area contributed by atoms with E-state index >= 15 is 0 Å². The Morgan fingerprint density at radius 2 is 1.56 bits per heavy atom. The van der Waals surface area contributed by atoms with Crippen molar-refractivity contribution in [2.24, 2.45) is 17.8 Å². The number of amides is 4. The molecule has 5 fully saturated rings. The van der Waals surface area contributed by atoms with Gasteiger partial charge < -0.3 is 5.32 Å². The van der Waals surface area contributed by atoms with Gasteiger partial charge in [-0.2, -0.15) is 0 Å². The van der Waals surface area contributed by atoms with Crippen molar-refractivity contribution in [3.63, 3.8) is 0 Å². The number of hydrogen-bond donors (Lipinski definition) is 2. The molecule has 8 heteroatoms. The molecule has 0 radical (unpaired) electrons. The SMILES string of the molecule is O=C1CCC(N2C(=O)c3cccc(SCCCc4ccc(CNC56CC7CC(CC(C7)C5)C6)cc4)c3C2=O)C(=O)N1. The van der Waals surface area contributed by atoms with E-state index in [1.54, 1.807) is 23.9 Å². The summed E-state index contributed by atoms with van der Waals surface area (Å²) in [4.78, 5) is 52.1. The van der Waals surface area contributed by atoms with Crippen LogP contribution in [0.25, 0.3) is 0 Å². The number of fused-ring (bicyclic) bond motifs is 1. The van der Waals surface area contributed by atoms with Gasteiger partial charge in [0.1, 0.15) is 6.04 Å². The van der Waals surface area contributed by atoms with E-state index in [9.17, 15) is 19.2 Å². The first-order chi connectivity index (χ1) is 19.9. The Morgan fingerprint density at radius 1 is 0.878 bits per heavy atom. The number of piperidine rings is 1. The summed E-state index contributed by atoms with van der Waals surface area (Å²) in [7, 11) is 0. The molecule has 4 saturated carbocycles. The highest BCUT2D eigenvalue weighted by molar-refractivity contribution is 7.99. The maximum atomic E-state index is 13.3. The van der Waals surface area contributed by atoms with Crippen LogP contribution in [0.3, 0.4) is 0 Å². The first-order valence-electron chi connectivity index (χ1n) is 15.2. The van der Waals surface area contributed by atoms with Gasteiger partial charge >= 0.3 is 0 Å². The zero-order valence-electron chi connectivity index (χ0n) is 23.3. The molecule has 7 nitrogen and oxygen atoms in total. The molecular weight excluding hydrogens is 534 g/mol. The number of imide groups is 2. The van der Waals surface area contributed by atoms with E-state index in [0.29, 0.717) is 16.7 Å². The second-order valence-corrected chi connectivity index (χ2v) is 14.1.